The number of anilines is 1. The smallest absolute Gasteiger partial charge is 0.279 e. The Hall–Kier alpha value is -2.46. The molecular formula is C17H14ClN3O. The van der Waals surface area contributed by atoms with E-state index in [1.54, 1.807) is 17.2 Å². The van der Waals surface area contributed by atoms with Gasteiger partial charge in [-0.1, -0.05) is 48.0 Å². The average Bonchev–Trinajstić information content (AvgIpc) is 2.81. The van der Waals surface area contributed by atoms with E-state index in [9.17, 15) is 4.79 Å². The molecule has 110 valence electrons. The molecule has 2 aromatic rings. The van der Waals surface area contributed by atoms with Crippen molar-refractivity contribution < 1.29 is 4.79 Å². The number of para-hydroxylation sites is 1. The molecule has 5 heteroatoms. The molecule has 0 radical (unpaired) electrons. The maximum Gasteiger partial charge on any atom is 0.279 e. The van der Waals surface area contributed by atoms with Crippen LogP contribution in [0.5, 0.6) is 0 Å². The fourth-order valence-electron chi connectivity index (χ4n) is 2.40. The van der Waals surface area contributed by atoms with E-state index in [4.69, 9.17) is 11.6 Å². The van der Waals surface area contributed by atoms with Crippen molar-refractivity contribution in [1.82, 2.24) is 0 Å². The van der Waals surface area contributed by atoms with Crippen molar-refractivity contribution in [2.45, 2.75) is 6.92 Å². The SMILES string of the molecule is CCN1C(=O)/C(=N/N=C\c2ccccc2Cl)c2ccccc21. The second kappa shape index (κ2) is 6.12. The fraction of sp³-hybridized carbons (Fsp3) is 0.118. The highest BCUT2D eigenvalue weighted by atomic mass is 35.5. The first-order valence-corrected chi connectivity index (χ1v) is 7.37. The number of fused-ring (bicyclic) bond motifs is 1. The maximum absolute atomic E-state index is 12.4. The third kappa shape index (κ3) is 2.53. The molecule has 0 atom stereocenters. The van der Waals surface area contributed by atoms with Crippen molar-refractivity contribution in [2.75, 3.05) is 11.4 Å². The van der Waals surface area contributed by atoms with Crippen LogP contribution in [-0.4, -0.2) is 24.4 Å². The minimum absolute atomic E-state index is 0.125. The zero-order valence-corrected chi connectivity index (χ0v) is 12.8. The van der Waals surface area contributed by atoms with Crippen molar-refractivity contribution in [3.63, 3.8) is 0 Å². The van der Waals surface area contributed by atoms with Gasteiger partial charge in [-0.25, -0.2) is 0 Å². The number of halogens is 1. The predicted octanol–water partition coefficient (Wildman–Crippen LogP) is 3.53. The van der Waals surface area contributed by atoms with E-state index in [-0.39, 0.29) is 5.91 Å². The largest absolute Gasteiger partial charge is 0.307 e. The summed E-state index contributed by atoms with van der Waals surface area (Å²) in [5, 5.41) is 8.75. The number of likely N-dealkylation sites (N-methyl/N-ethyl adjacent to an activating group) is 1. The van der Waals surface area contributed by atoms with E-state index < -0.39 is 0 Å². The summed E-state index contributed by atoms with van der Waals surface area (Å²) in [4.78, 5) is 14.1. The topological polar surface area (TPSA) is 45.0 Å². The van der Waals surface area contributed by atoms with E-state index in [1.165, 1.54) is 0 Å². The number of benzene rings is 2. The molecule has 0 bridgehead atoms. The molecule has 1 aliphatic rings. The quantitative estimate of drug-likeness (QED) is 0.632. The lowest BCUT2D eigenvalue weighted by Crippen LogP contribution is -2.29. The van der Waals surface area contributed by atoms with Gasteiger partial charge in [0.15, 0.2) is 5.71 Å². The van der Waals surface area contributed by atoms with Gasteiger partial charge in [0.1, 0.15) is 0 Å². The number of carbonyl (C=O) groups is 1. The Bertz CT molecular complexity index is 783. The van der Waals surface area contributed by atoms with E-state index in [0.717, 1.165) is 16.8 Å². The molecule has 0 spiro atoms. The molecular weight excluding hydrogens is 298 g/mol. The minimum atomic E-state index is -0.125. The summed E-state index contributed by atoms with van der Waals surface area (Å²) in [6.07, 6.45) is 1.56. The van der Waals surface area contributed by atoms with Crippen molar-refractivity contribution in [1.29, 1.82) is 0 Å². The summed E-state index contributed by atoms with van der Waals surface area (Å²) in [7, 11) is 0. The number of carbonyl (C=O) groups excluding carboxylic acids is 1. The number of rotatable bonds is 3. The fourth-order valence-corrected chi connectivity index (χ4v) is 2.59. The molecule has 0 fully saturated rings. The lowest BCUT2D eigenvalue weighted by atomic mass is 10.1. The summed E-state index contributed by atoms with van der Waals surface area (Å²) in [5.74, 6) is -0.125. The Balaban J connectivity index is 1.95. The van der Waals surface area contributed by atoms with Crippen molar-refractivity contribution >= 4 is 35.1 Å². The van der Waals surface area contributed by atoms with Crippen LogP contribution in [0.4, 0.5) is 5.69 Å². The average molecular weight is 312 g/mol. The second-order valence-electron chi connectivity index (χ2n) is 4.78. The Morgan fingerprint density at radius 3 is 2.64 bits per heavy atom. The predicted molar refractivity (Wildman–Crippen MR) is 90.1 cm³/mol. The lowest BCUT2D eigenvalue weighted by Gasteiger charge is -2.12. The van der Waals surface area contributed by atoms with Crippen LogP contribution in [-0.2, 0) is 4.79 Å². The highest BCUT2D eigenvalue weighted by molar-refractivity contribution is 6.54. The Morgan fingerprint density at radius 1 is 1.14 bits per heavy atom. The van der Waals surface area contributed by atoms with Crippen LogP contribution in [0.25, 0.3) is 0 Å². The standard InChI is InChI=1S/C17H14ClN3O/c1-2-21-15-10-6-4-8-13(15)16(17(21)22)20-19-11-12-7-3-5-9-14(12)18/h3-11H,2H2,1H3/b19-11-,20-16+. The number of hydrogen-bond donors (Lipinski definition) is 0. The first-order valence-electron chi connectivity index (χ1n) is 6.99. The van der Waals surface area contributed by atoms with Crippen LogP contribution in [0.15, 0.2) is 58.7 Å². The molecule has 22 heavy (non-hydrogen) atoms. The van der Waals surface area contributed by atoms with E-state index in [1.807, 2.05) is 49.4 Å². The van der Waals surface area contributed by atoms with Gasteiger partial charge in [0.05, 0.1) is 11.9 Å². The first-order chi connectivity index (χ1) is 10.7. The zero-order chi connectivity index (χ0) is 15.5. The monoisotopic (exact) mass is 311 g/mol. The molecule has 0 saturated heterocycles. The summed E-state index contributed by atoms with van der Waals surface area (Å²) < 4.78 is 0. The normalized spacial score (nSPS) is 15.8. The molecule has 2 aromatic carbocycles. The molecule has 1 aliphatic heterocycles. The van der Waals surface area contributed by atoms with Gasteiger partial charge in [0.2, 0.25) is 0 Å². The molecule has 1 heterocycles. The summed E-state index contributed by atoms with van der Waals surface area (Å²) in [6.45, 7) is 2.54. The summed E-state index contributed by atoms with van der Waals surface area (Å²) >= 11 is 6.06. The molecule has 0 N–H and O–H groups in total. The minimum Gasteiger partial charge on any atom is -0.307 e. The van der Waals surface area contributed by atoms with Crippen molar-refractivity contribution in [3.8, 4) is 0 Å². The molecule has 0 saturated carbocycles. The Labute approximate surface area is 133 Å². The molecule has 1 amide bonds. The third-order valence-electron chi connectivity index (χ3n) is 3.47. The van der Waals surface area contributed by atoms with Crippen molar-refractivity contribution in [2.24, 2.45) is 10.2 Å². The third-order valence-corrected chi connectivity index (χ3v) is 3.82. The lowest BCUT2D eigenvalue weighted by molar-refractivity contribution is -0.112. The van der Waals surface area contributed by atoms with Gasteiger partial charge in [-0.05, 0) is 19.1 Å². The van der Waals surface area contributed by atoms with Crippen LogP contribution < -0.4 is 4.90 Å². The van der Waals surface area contributed by atoms with Crippen LogP contribution in [0.1, 0.15) is 18.1 Å². The van der Waals surface area contributed by atoms with Gasteiger partial charge in [0.25, 0.3) is 5.91 Å². The van der Waals surface area contributed by atoms with E-state index in [2.05, 4.69) is 10.2 Å². The van der Waals surface area contributed by atoms with Gasteiger partial charge < -0.3 is 4.90 Å². The van der Waals surface area contributed by atoms with Crippen LogP contribution in [0, 0.1) is 0 Å². The van der Waals surface area contributed by atoms with Crippen LogP contribution in [0.3, 0.4) is 0 Å². The molecule has 0 aromatic heterocycles. The highest BCUT2D eigenvalue weighted by Crippen LogP contribution is 2.28. The molecule has 3 rings (SSSR count). The van der Waals surface area contributed by atoms with Crippen LogP contribution >= 0.6 is 11.6 Å². The Morgan fingerprint density at radius 2 is 1.86 bits per heavy atom. The number of nitrogens with zero attached hydrogens (tertiary/aromatic N) is 3. The molecule has 4 nitrogen and oxygen atoms in total. The summed E-state index contributed by atoms with van der Waals surface area (Å²) in [6, 6.07) is 14.9. The van der Waals surface area contributed by atoms with Gasteiger partial charge >= 0.3 is 0 Å². The van der Waals surface area contributed by atoms with E-state index in [0.29, 0.717) is 17.3 Å². The zero-order valence-electron chi connectivity index (χ0n) is 12.0. The number of amides is 1. The van der Waals surface area contributed by atoms with Crippen molar-refractivity contribution in [3.05, 3.63) is 64.7 Å². The van der Waals surface area contributed by atoms with Gasteiger partial charge in [-0.3, -0.25) is 4.79 Å². The molecule has 0 unspecified atom stereocenters. The summed E-state index contributed by atoms with van der Waals surface area (Å²) in [5.41, 5.74) is 2.81. The van der Waals surface area contributed by atoms with Gasteiger partial charge in [-0.2, -0.15) is 5.10 Å². The second-order valence-corrected chi connectivity index (χ2v) is 5.19. The van der Waals surface area contributed by atoms with E-state index >= 15 is 0 Å². The first kappa shape index (κ1) is 14.5. The number of hydrogen-bond acceptors (Lipinski definition) is 3. The Kier molecular flexibility index (Phi) is 4.02. The van der Waals surface area contributed by atoms with Crippen LogP contribution in [0.2, 0.25) is 5.02 Å². The maximum atomic E-state index is 12.4. The highest BCUT2D eigenvalue weighted by Gasteiger charge is 2.32. The molecule has 0 aliphatic carbocycles. The van der Waals surface area contributed by atoms with Gasteiger partial charge in [0, 0.05) is 22.7 Å². The van der Waals surface area contributed by atoms with Gasteiger partial charge in [-0.15, -0.1) is 5.10 Å².